The van der Waals surface area contributed by atoms with Crippen molar-refractivity contribution in [1.29, 1.82) is 0 Å². The molecule has 5 N–H and O–H groups in total. The van der Waals surface area contributed by atoms with Crippen molar-refractivity contribution in [1.82, 2.24) is 5.32 Å². The standard InChI is InChI=1S/C27H26FN3O6/c1-14-9-15(2)24(16(3)10-14)31-27(37)30-21-12-18(17-5-4-6-19(28)11-17)7-8-20(21)25(34)29-22(26(35)36)13-23(32)33/h4-12,22H,13H2,1-3H3,(H,29,34)(H,32,33)(H,35,36)(H2,30,31,37)/t22-/m0/s1. The van der Waals surface area contributed by atoms with Crippen molar-refractivity contribution in [2.24, 2.45) is 0 Å². The SMILES string of the molecule is Cc1cc(C)c(NC(=O)Nc2cc(-c3cccc(F)c3)ccc2C(=O)N[C@@H](CC(=O)O)C(=O)O)c(C)c1. The molecule has 0 radical (unpaired) electrons. The number of anilines is 2. The quantitative estimate of drug-likeness (QED) is 0.298. The second-order valence-electron chi connectivity index (χ2n) is 8.59. The van der Waals surface area contributed by atoms with Crippen molar-refractivity contribution in [2.45, 2.75) is 33.2 Å². The number of benzene rings is 3. The van der Waals surface area contributed by atoms with Gasteiger partial charge < -0.3 is 26.2 Å². The predicted molar refractivity (Wildman–Crippen MR) is 136 cm³/mol. The molecule has 3 rings (SSSR count). The van der Waals surface area contributed by atoms with E-state index in [9.17, 15) is 28.7 Å². The lowest BCUT2D eigenvalue weighted by molar-refractivity contribution is -0.145. The smallest absolute Gasteiger partial charge is 0.326 e. The maximum absolute atomic E-state index is 13.8. The molecule has 0 aliphatic rings. The highest BCUT2D eigenvalue weighted by Crippen LogP contribution is 2.28. The number of urea groups is 1. The second kappa shape index (κ2) is 11.3. The van der Waals surface area contributed by atoms with E-state index in [1.807, 2.05) is 32.9 Å². The van der Waals surface area contributed by atoms with E-state index in [0.717, 1.165) is 16.7 Å². The van der Waals surface area contributed by atoms with E-state index in [1.165, 1.54) is 36.4 Å². The number of amides is 3. The molecule has 10 heteroatoms. The Morgan fingerprint density at radius 1 is 0.865 bits per heavy atom. The van der Waals surface area contributed by atoms with Gasteiger partial charge in [0.15, 0.2) is 0 Å². The van der Waals surface area contributed by atoms with Crippen molar-refractivity contribution in [2.75, 3.05) is 10.6 Å². The number of hydrogen-bond donors (Lipinski definition) is 5. The number of hydrogen-bond acceptors (Lipinski definition) is 4. The fraction of sp³-hybridized carbons (Fsp3) is 0.185. The van der Waals surface area contributed by atoms with E-state index >= 15 is 0 Å². The Morgan fingerprint density at radius 3 is 2.11 bits per heavy atom. The van der Waals surface area contributed by atoms with E-state index in [1.54, 1.807) is 6.07 Å². The minimum atomic E-state index is -1.69. The van der Waals surface area contributed by atoms with Gasteiger partial charge in [-0.15, -0.1) is 0 Å². The monoisotopic (exact) mass is 507 g/mol. The molecule has 0 aliphatic heterocycles. The average molecular weight is 508 g/mol. The molecule has 0 aliphatic carbocycles. The molecule has 0 aromatic heterocycles. The maximum atomic E-state index is 13.8. The predicted octanol–water partition coefficient (Wildman–Crippen LogP) is 4.72. The number of aliphatic carboxylic acids is 2. The minimum absolute atomic E-state index is 0.0126. The Bertz CT molecular complexity index is 1370. The van der Waals surface area contributed by atoms with Crippen LogP contribution in [0.1, 0.15) is 33.5 Å². The first-order chi connectivity index (χ1) is 17.4. The van der Waals surface area contributed by atoms with Crippen LogP contribution >= 0.6 is 0 Å². The van der Waals surface area contributed by atoms with Crippen LogP contribution in [0.5, 0.6) is 0 Å². The first-order valence-corrected chi connectivity index (χ1v) is 11.3. The first kappa shape index (κ1) is 26.9. The third-order valence-corrected chi connectivity index (χ3v) is 5.57. The highest BCUT2D eigenvalue weighted by molar-refractivity contribution is 6.08. The third-order valence-electron chi connectivity index (χ3n) is 5.57. The normalized spacial score (nSPS) is 11.4. The van der Waals surface area contributed by atoms with Crippen LogP contribution < -0.4 is 16.0 Å². The summed E-state index contributed by atoms with van der Waals surface area (Å²) < 4.78 is 13.8. The van der Waals surface area contributed by atoms with E-state index in [4.69, 9.17) is 5.11 Å². The Balaban J connectivity index is 1.97. The molecule has 3 amide bonds. The van der Waals surface area contributed by atoms with Crippen molar-refractivity contribution < 1.29 is 33.8 Å². The molecule has 0 saturated heterocycles. The number of carboxylic acids is 2. The van der Waals surface area contributed by atoms with Gasteiger partial charge >= 0.3 is 18.0 Å². The molecule has 0 unspecified atom stereocenters. The number of halogens is 1. The number of carboxylic acid groups (broad SMARTS) is 2. The molecule has 0 spiro atoms. The average Bonchev–Trinajstić information content (AvgIpc) is 2.80. The molecule has 0 fully saturated rings. The van der Waals surface area contributed by atoms with Crippen LogP contribution in [0.3, 0.4) is 0 Å². The summed E-state index contributed by atoms with van der Waals surface area (Å²) in [6.07, 6.45) is -0.836. The lowest BCUT2D eigenvalue weighted by Crippen LogP contribution is -2.42. The molecule has 3 aromatic carbocycles. The van der Waals surface area contributed by atoms with Crippen LogP contribution in [0, 0.1) is 26.6 Å². The van der Waals surface area contributed by atoms with Crippen LogP contribution in [0.4, 0.5) is 20.6 Å². The highest BCUT2D eigenvalue weighted by Gasteiger charge is 2.25. The molecule has 9 nitrogen and oxygen atoms in total. The van der Waals surface area contributed by atoms with Gasteiger partial charge in [0.1, 0.15) is 11.9 Å². The molecule has 3 aromatic rings. The zero-order chi connectivity index (χ0) is 27.3. The van der Waals surface area contributed by atoms with Gasteiger partial charge in [-0.3, -0.25) is 9.59 Å². The summed E-state index contributed by atoms with van der Waals surface area (Å²) in [5, 5.41) is 25.8. The van der Waals surface area contributed by atoms with Crippen LogP contribution in [0.2, 0.25) is 0 Å². The van der Waals surface area contributed by atoms with Gasteiger partial charge in [-0.2, -0.15) is 0 Å². The summed E-state index contributed by atoms with van der Waals surface area (Å²) in [6.45, 7) is 5.61. The summed E-state index contributed by atoms with van der Waals surface area (Å²) in [5.41, 5.74) is 4.14. The highest BCUT2D eigenvalue weighted by atomic mass is 19.1. The van der Waals surface area contributed by atoms with Crippen molar-refractivity contribution >= 4 is 35.3 Å². The van der Waals surface area contributed by atoms with Crippen molar-refractivity contribution in [3.8, 4) is 11.1 Å². The number of aryl methyl sites for hydroxylation is 3. The number of carbonyl (C=O) groups is 4. The zero-order valence-electron chi connectivity index (χ0n) is 20.4. The molecule has 0 bridgehead atoms. The van der Waals surface area contributed by atoms with Crippen LogP contribution in [-0.4, -0.2) is 40.1 Å². The van der Waals surface area contributed by atoms with Gasteiger partial charge in [0, 0.05) is 5.69 Å². The van der Waals surface area contributed by atoms with Gasteiger partial charge in [0.25, 0.3) is 5.91 Å². The van der Waals surface area contributed by atoms with Gasteiger partial charge in [-0.1, -0.05) is 35.9 Å². The Kier molecular flexibility index (Phi) is 8.23. The molecule has 192 valence electrons. The molecule has 37 heavy (non-hydrogen) atoms. The summed E-state index contributed by atoms with van der Waals surface area (Å²) in [7, 11) is 0. The largest absolute Gasteiger partial charge is 0.481 e. The summed E-state index contributed by atoms with van der Waals surface area (Å²) in [6, 6.07) is 11.5. The van der Waals surface area contributed by atoms with Crippen molar-refractivity contribution in [3.05, 3.63) is 82.7 Å². The van der Waals surface area contributed by atoms with Gasteiger partial charge in [0.05, 0.1) is 17.7 Å². The molecule has 1 atom stereocenters. The van der Waals surface area contributed by atoms with Gasteiger partial charge in [0.2, 0.25) is 0 Å². The van der Waals surface area contributed by atoms with Crippen LogP contribution in [-0.2, 0) is 9.59 Å². The summed E-state index contributed by atoms with van der Waals surface area (Å²) in [4.78, 5) is 48.3. The van der Waals surface area contributed by atoms with Gasteiger partial charge in [-0.05, 0) is 67.3 Å². The fourth-order valence-electron chi connectivity index (χ4n) is 3.95. The fourth-order valence-corrected chi connectivity index (χ4v) is 3.95. The molecule has 0 heterocycles. The third kappa shape index (κ3) is 6.91. The van der Waals surface area contributed by atoms with E-state index in [-0.39, 0.29) is 11.3 Å². The Hall–Kier alpha value is -4.73. The topological polar surface area (TPSA) is 145 Å². The second-order valence-corrected chi connectivity index (χ2v) is 8.59. The number of rotatable bonds is 8. The molecule has 0 saturated carbocycles. The first-order valence-electron chi connectivity index (χ1n) is 11.3. The summed E-state index contributed by atoms with van der Waals surface area (Å²) in [5.74, 6) is -4.31. The Morgan fingerprint density at radius 2 is 1.51 bits per heavy atom. The van der Waals surface area contributed by atoms with Crippen LogP contribution in [0.25, 0.3) is 11.1 Å². The number of carbonyl (C=O) groups excluding carboxylic acids is 2. The lowest BCUT2D eigenvalue weighted by atomic mass is 10.0. The lowest BCUT2D eigenvalue weighted by Gasteiger charge is -2.18. The number of nitrogens with one attached hydrogen (secondary N) is 3. The zero-order valence-corrected chi connectivity index (χ0v) is 20.4. The van der Waals surface area contributed by atoms with E-state index in [0.29, 0.717) is 16.8 Å². The van der Waals surface area contributed by atoms with Gasteiger partial charge in [-0.25, -0.2) is 14.0 Å². The Labute approximate surface area is 212 Å². The van der Waals surface area contributed by atoms with E-state index < -0.39 is 42.2 Å². The molecular weight excluding hydrogens is 481 g/mol. The van der Waals surface area contributed by atoms with Crippen LogP contribution in [0.15, 0.2) is 54.6 Å². The summed E-state index contributed by atoms with van der Waals surface area (Å²) >= 11 is 0. The minimum Gasteiger partial charge on any atom is -0.481 e. The van der Waals surface area contributed by atoms with Crippen molar-refractivity contribution in [3.63, 3.8) is 0 Å². The maximum Gasteiger partial charge on any atom is 0.326 e. The van der Waals surface area contributed by atoms with E-state index in [2.05, 4.69) is 16.0 Å². The molecular formula is C27H26FN3O6.